The first-order valence-electron chi connectivity index (χ1n) is 21.9. The molecule has 3 heterocycles. The first kappa shape index (κ1) is 39.3. The fraction of sp³-hybridized carbons (Fsp3) is 0.158. The molecule has 6 heteroatoms. The van der Waals surface area contributed by atoms with Crippen LogP contribution in [-0.2, 0) is 31.2 Å². The van der Waals surface area contributed by atoms with E-state index in [9.17, 15) is 0 Å². The van der Waals surface area contributed by atoms with E-state index in [0.717, 1.165) is 57.1 Å². The molecule has 1 aliphatic rings. The van der Waals surface area contributed by atoms with E-state index in [0.29, 0.717) is 11.5 Å². The van der Waals surface area contributed by atoms with E-state index in [1.165, 1.54) is 55.7 Å². The molecule has 0 fully saturated rings. The molecule has 0 spiro atoms. The van der Waals surface area contributed by atoms with Crippen molar-refractivity contribution in [3.63, 3.8) is 0 Å². The second kappa shape index (κ2) is 16.0. The van der Waals surface area contributed by atoms with Crippen LogP contribution >= 0.6 is 0 Å². The Hall–Kier alpha value is -6.55. The van der Waals surface area contributed by atoms with Crippen LogP contribution in [0.3, 0.4) is 0 Å². The summed E-state index contributed by atoms with van der Waals surface area (Å²) in [6, 6.07) is 66.1. The molecule has 3 aromatic heterocycles. The Morgan fingerprint density at radius 2 is 1.27 bits per heavy atom. The summed E-state index contributed by atoms with van der Waals surface area (Å²) in [5, 5.41) is 2.27. The summed E-state index contributed by atoms with van der Waals surface area (Å²) >= 11 is 2.58. The molecular formula is C57H46N4OPt-2. The number of rotatable bonds is 7. The molecule has 5 nitrogen and oxygen atoms in total. The van der Waals surface area contributed by atoms with Crippen molar-refractivity contribution >= 4 is 32.8 Å². The van der Waals surface area contributed by atoms with Crippen LogP contribution in [0.4, 0.5) is 0 Å². The van der Waals surface area contributed by atoms with Gasteiger partial charge in [0.2, 0.25) is 0 Å². The van der Waals surface area contributed by atoms with Crippen molar-refractivity contribution in [2.45, 2.75) is 57.9 Å². The van der Waals surface area contributed by atoms with Crippen molar-refractivity contribution < 1.29 is 24.1 Å². The number of hydrogen-bond donors (Lipinski definition) is 0. The van der Waals surface area contributed by atoms with Crippen molar-refractivity contribution in [1.29, 1.82) is 0 Å². The van der Waals surface area contributed by atoms with Gasteiger partial charge in [0.1, 0.15) is 0 Å². The fourth-order valence-corrected chi connectivity index (χ4v) is 10.7. The van der Waals surface area contributed by atoms with Crippen molar-refractivity contribution in [2.75, 3.05) is 0 Å². The van der Waals surface area contributed by atoms with Crippen molar-refractivity contribution in [1.82, 2.24) is 18.7 Å². The number of benzene rings is 7. The molecule has 0 bridgehead atoms. The summed E-state index contributed by atoms with van der Waals surface area (Å²) in [6.07, 6.45) is 6.15. The number of imidazole rings is 1. The second-order valence-electron chi connectivity index (χ2n) is 17.6. The maximum absolute atomic E-state index is 6.80. The molecule has 1 aliphatic carbocycles. The van der Waals surface area contributed by atoms with E-state index in [4.69, 9.17) is 9.72 Å². The second-order valence-corrected chi connectivity index (χ2v) is 18.6. The zero-order chi connectivity index (χ0) is 42.7. The summed E-state index contributed by atoms with van der Waals surface area (Å²) in [4.78, 5) is 4.88. The average Bonchev–Trinajstić information content (AvgIpc) is 3.70. The van der Waals surface area contributed by atoms with Gasteiger partial charge in [-0.1, -0.05) is 39.0 Å². The molecule has 63 heavy (non-hydrogen) atoms. The van der Waals surface area contributed by atoms with Gasteiger partial charge in [-0.15, -0.1) is 0 Å². The minimum Gasteiger partial charge on any atom is -0.0645 e. The Morgan fingerprint density at radius 1 is 0.619 bits per heavy atom. The number of aromatic nitrogens is 4. The van der Waals surface area contributed by atoms with E-state index < -0.39 is 0 Å². The van der Waals surface area contributed by atoms with Crippen LogP contribution in [0.25, 0.3) is 66.6 Å². The third-order valence-corrected chi connectivity index (χ3v) is 13.7. The first-order chi connectivity index (χ1) is 30.8. The van der Waals surface area contributed by atoms with E-state index in [1.807, 2.05) is 12.3 Å². The number of aryl methyl sites for hydroxylation is 1. The SMILES string of the molecule is CC(C)(C)c1ccnc(-n2c3[c-]c(Oc4[c-]c5c(cc4)CCCCC5n4[c](=[Pt])n(-c5c(-c6ccccc6)cccc5-c5ccccc5)c5ccccc54)ccc3c3ccccc32)c1. The molecular weight excluding hydrogens is 952 g/mol. The molecule has 11 rings (SSSR count). The standard InChI is InChI=1S/C57H46N4O.Pt/c1-57(2,3)42-33-34-58-55(35-42)61-51-26-13-11-22-47(51)48-32-31-44(37-54(48)61)62-43-30-29-41-21-10-12-25-50(49(41)36-43)59-38-60(53-28-15-14-27-52(53)59)56-45(39-17-6-4-7-18-39)23-16-24-46(56)40-19-8-5-9-20-40;/h4-9,11,13-20,22-24,26-35,50H,10,12,21,25H2,1-3H3;/q-2;. The monoisotopic (exact) mass is 997 g/mol. The van der Waals surface area contributed by atoms with Gasteiger partial charge in [0, 0.05) is 6.20 Å². The third-order valence-electron chi connectivity index (χ3n) is 12.6. The van der Waals surface area contributed by atoms with E-state index >= 15 is 0 Å². The van der Waals surface area contributed by atoms with Crippen LogP contribution in [0.5, 0.6) is 11.5 Å². The molecule has 10 aromatic rings. The van der Waals surface area contributed by atoms with Gasteiger partial charge in [0.05, 0.1) is 0 Å². The predicted molar refractivity (Wildman–Crippen MR) is 253 cm³/mol. The molecule has 0 aliphatic heterocycles. The molecule has 1 atom stereocenters. The van der Waals surface area contributed by atoms with E-state index in [2.05, 4.69) is 224 Å². The molecule has 7 aromatic carbocycles. The van der Waals surface area contributed by atoms with Crippen molar-refractivity contribution in [3.8, 4) is 45.3 Å². The van der Waals surface area contributed by atoms with Crippen LogP contribution in [0.2, 0.25) is 0 Å². The minimum absolute atomic E-state index is 0.0174. The Bertz CT molecular complexity index is 3330. The molecule has 1 unspecified atom stereocenters. The summed E-state index contributed by atoms with van der Waals surface area (Å²) < 4.78 is 15.2. The van der Waals surface area contributed by atoms with Crippen LogP contribution in [0.1, 0.15) is 62.8 Å². The zero-order valence-corrected chi connectivity index (χ0v) is 37.9. The average molecular weight is 998 g/mol. The van der Waals surface area contributed by atoms with Crippen LogP contribution in [0.15, 0.2) is 170 Å². The van der Waals surface area contributed by atoms with Crippen molar-refractivity contribution in [2.24, 2.45) is 0 Å². The number of pyridine rings is 1. The number of nitrogens with zero attached hydrogens (tertiary/aromatic N) is 4. The molecule has 312 valence electrons. The molecule has 0 N–H and O–H groups in total. The summed E-state index contributed by atoms with van der Waals surface area (Å²) in [6.45, 7) is 6.71. The Labute approximate surface area is 379 Å². The predicted octanol–water partition coefficient (Wildman–Crippen LogP) is 14.3. The summed E-state index contributed by atoms with van der Waals surface area (Å²) in [5.41, 5.74) is 14.0. The normalized spacial score (nSPS) is 14.3. The summed E-state index contributed by atoms with van der Waals surface area (Å²) in [5.74, 6) is 2.20. The fourth-order valence-electron chi connectivity index (χ4n) is 9.58. The quantitative estimate of drug-likeness (QED) is 0.118. The number of ether oxygens (including phenoxy) is 1. The Morgan fingerprint density at radius 3 is 2.00 bits per heavy atom. The smallest absolute Gasteiger partial charge is 0.0645 e. The molecule has 0 saturated heterocycles. The van der Waals surface area contributed by atoms with Gasteiger partial charge >= 0.3 is 302 Å². The third kappa shape index (κ3) is 7.00. The summed E-state index contributed by atoms with van der Waals surface area (Å²) in [7, 11) is 0. The Kier molecular flexibility index (Phi) is 9.97. The van der Waals surface area contributed by atoms with Gasteiger partial charge in [-0.3, -0.25) is 0 Å². The van der Waals surface area contributed by atoms with Gasteiger partial charge < -0.3 is 0 Å². The van der Waals surface area contributed by atoms with Gasteiger partial charge in [-0.2, -0.15) is 0 Å². The van der Waals surface area contributed by atoms with Gasteiger partial charge in [-0.05, 0) is 29.2 Å². The van der Waals surface area contributed by atoms with Gasteiger partial charge in [0.15, 0.2) is 0 Å². The topological polar surface area (TPSA) is 36.9 Å². The molecule has 0 radical (unpaired) electrons. The Balaban J connectivity index is 1.05. The number of para-hydroxylation sites is 4. The minimum atomic E-state index is -0.0174. The van der Waals surface area contributed by atoms with E-state index in [1.54, 1.807) is 0 Å². The number of fused-ring (bicyclic) bond motifs is 5. The number of hydrogen-bond acceptors (Lipinski definition) is 2. The van der Waals surface area contributed by atoms with Crippen LogP contribution < -0.4 is 4.74 Å². The first-order valence-corrected chi connectivity index (χ1v) is 23.0. The van der Waals surface area contributed by atoms with Gasteiger partial charge in [0.25, 0.3) is 0 Å². The maximum atomic E-state index is 6.80. The van der Waals surface area contributed by atoms with Gasteiger partial charge in [-0.25, -0.2) is 4.98 Å². The molecule has 0 amide bonds. The molecule has 0 saturated carbocycles. The zero-order valence-electron chi connectivity index (χ0n) is 35.6. The van der Waals surface area contributed by atoms with Crippen LogP contribution in [0, 0.1) is 15.9 Å². The van der Waals surface area contributed by atoms with Crippen LogP contribution in [-0.4, -0.2) is 18.7 Å². The van der Waals surface area contributed by atoms with Crippen molar-refractivity contribution in [3.05, 3.63) is 203 Å². The van der Waals surface area contributed by atoms with E-state index in [-0.39, 0.29) is 11.5 Å².